The summed E-state index contributed by atoms with van der Waals surface area (Å²) in [7, 11) is 0. The number of rotatable bonds is 1. The molecule has 6 heteroatoms. The fourth-order valence-electron chi connectivity index (χ4n) is 1.17. The van der Waals surface area contributed by atoms with Crippen LogP contribution < -0.4 is 0 Å². The van der Waals surface area contributed by atoms with Crippen molar-refractivity contribution in [1.29, 1.82) is 0 Å². The van der Waals surface area contributed by atoms with Crippen LogP contribution in [0.15, 0.2) is 22.9 Å². The molecular weight excluding hydrogens is 271 g/mol. The zero-order valence-electron chi connectivity index (χ0n) is 6.74. The van der Waals surface area contributed by atoms with E-state index in [0.717, 1.165) is 0 Å². The first kappa shape index (κ1) is 9.48. The molecule has 0 aliphatic carbocycles. The zero-order valence-corrected chi connectivity index (χ0v) is 9.08. The minimum absolute atomic E-state index is 0.0863. The van der Waals surface area contributed by atoms with Gasteiger partial charge in [0.1, 0.15) is 0 Å². The molecule has 0 aliphatic rings. The molecular formula is C8H4BrClN2O2. The molecule has 0 spiro atoms. The summed E-state index contributed by atoms with van der Waals surface area (Å²) in [5, 5.41) is 9.28. The van der Waals surface area contributed by atoms with E-state index >= 15 is 0 Å². The average Bonchev–Trinajstić information content (AvgIpc) is 2.47. The number of nitrogens with zero attached hydrogens (tertiary/aromatic N) is 2. The molecule has 0 atom stereocenters. The number of carboxylic acids is 1. The number of fused-ring (bicyclic) bond motifs is 1. The molecule has 0 radical (unpaired) electrons. The minimum atomic E-state index is -1.04. The normalized spacial score (nSPS) is 10.7. The smallest absolute Gasteiger partial charge is 0.354 e. The average molecular weight is 275 g/mol. The van der Waals surface area contributed by atoms with Crippen molar-refractivity contribution in [2.45, 2.75) is 0 Å². The standard InChI is InChI=1S/C8H4BrClN2O2/c9-5-1-4(10)3-12-6(8(13)14)2-11-7(5)12/h1-3H,(H,13,14). The Kier molecular flexibility index (Phi) is 2.20. The lowest BCUT2D eigenvalue weighted by atomic mass is 10.4. The van der Waals surface area contributed by atoms with Gasteiger partial charge in [0.05, 0.1) is 15.7 Å². The lowest BCUT2D eigenvalue weighted by Crippen LogP contribution is -2.01. The summed E-state index contributed by atoms with van der Waals surface area (Å²) >= 11 is 9.04. The fourth-order valence-corrected chi connectivity index (χ4v) is 2.05. The Hall–Kier alpha value is -1.07. The van der Waals surface area contributed by atoms with Crippen LogP contribution in [0.2, 0.25) is 5.02 Å². The van der Waals surface area contributed by atoms with Gasteiger partial charge in [0.15, 0.2) is 11.3 Å². The van der Waals surface area contributed by atoms with E-state index in [9.17, 15) is 4.79 Å². The maximum Gasteiger partial charge on any atom is 0.354 e. The molecule has 2 aromatic rings. The molecule has 0 unspecified atom stereocenters. The van der Waals surface area contributed by atoms with Gasteiger partial charge in [-0.1, -0.05) is 11.6 Å². The maximum absolute atomic E-state index is 10.8. The highest BCUT2D eigenvalue weighted by molar-refractivity contribution is 9.10. The van der Waals surface area contributed by atoms with Gasteiger partial charge in [-0.3, -0.25) is 4.40 Å². The SMILES string of the molecule is O=C(O)c1cnc2c(Br)cc(Cl)cn12. The third-order valence-electron chi connectivity index (χ3n) is 1.75. The van der Waals surface area contributed by atoms with Crippen molar-refractivity contribution in [2.75, 3.05) is 0 Å². The van der Waals surface area contributed by atoms with Crippen LogP contribution in [0, 0.1) is 0 Å². The summed E-state index contributed by atoms with van der Waals surface area (Å²) in [5.41, 5.74) is 0.620. The molecule has 0 fully saturated rings. The van der Waals surface area contributed by atoms with Gasteiger partial charge in [-0.15, -0.1) is 0 Å². The number of hydrogen-bond donors (Lipinski definition) is 1. The Balaban J connectivity index is 2.85. The molecule has 14 heavy (non-hydrogen) atoms. The highest BCUT2D eigenvalue weighted by Gasteiger charge is 2.12. The Morgan fingerprint density at radius 3 is 3.00 bits per heavy atom. The molecule has 0 aromatic carbocycles. The number of imidazole rings is 1. The minimum Gasteiger partial charge on any atom is -0.477 e. The summed E-state index contributed by atoms with van der Waals surface area (Å²) < 4.78 is 2.09. The number of aromatic carboxylic acids is 1. The molecule has 0 amide bonds. The van der Waals surface area contributed by atoms with Crippen molar-refractivity contribution in [3.8, 4) is 0 Å². The van der Waals surface area contributed by atoms with E-state index in [4.69, 9.17) is 16.7 Å². The van der Waals surface area contributed by atoms with Crippen molar-refractivity contribution in [3.63, 3.8) is 0 Å². The Bertz CT molecular complexity index is 523. The van der Waals surface area contributed by atoms with Crippen molar-refractivity contribution in [2.24, 2.45) is 0 Å². The molecule has 2 heterocycles. The Morgan fingerprint density at radius 2 is 2.36 bits per heavy atom. The first-order chi connectivity index (χ1) is 6.59. The zero-order chi connectivity index (χ0) is 10.3. The third-order valence-corrected chi connectivity index (χ3v) is 2.54. The third kappa shape index (κ3) is 1.38. The van der Waals surface area contributed by atoms with Gasteiger partial charge >= 0.3 is 5.97 Å². The highest BCUT2D eigenvalue weighted by Crippen LogP contribution is 2.22. The lowest BCUT2D eigenvalue weighted by Gasteiger charge is -1.99. The number of aromatic nitrogens is 2. The van der Waals surface area contributed by atoms with Crippen molar-refractivity contribution in [1.82, 2.24) is 9.38 Å². The molecule has 0 saturated heterocycles. The number of pyridine rings is 1. The van der Waals surface area contributed by atoms with Gasteiger partial charge in [0.25, 0.3) is 0 Å². The van der Waals surface area contributed by atoms with Crippen LogP contribution in [0.25, 0.3) is 5.65 Å². The van der Waals surface area contributed by atoms with E-state index in [1.54, 1.807) is 6.07 Å². The first-order valence-corrected chi connectivity index (χ1v) is 4.82. The quantitative estimate of drug-likeness (QED) is 0.870. The largest absolute Gasteiger partial charge is 0.477 e. The summed E-state index contributed by atoms with van der Waals surface area (Å²) in [4.78, 5) is 14.7. The predicted molar refractivity (Wildman–Crippen MR) is 54.9 cm³/mol. The van der Waals surface area contributed by atoms with Gasteiger partial charge in [0, 0.05) is 6.20 Å². The second-order valence-electron chi connectivity index (χ2n) is 2.65. The van der Waals surface area contributed by atoms with Crippen LogP contribution in [0.3, 0.4) is 0 Å². The number of carboxylic acid groups (broad SMARTS) is 1. The molecule has 0 bridgehead atoms. The van der Waals surface area contributed by atoms with Crippen LogP contribution in [-0.4, -0.2) is 20.5 Å². The molecule has 72 valence electrons. The van der Waals surface area contributed by atoms with Crippen molar-refractivity contribution in [3.05, 3.63) is 33.6 Å². The molecule has 2 aromatic heterocycles. The second-order valence-corrected chi connectivity index (χ2v) is 3.94. The van der Waals surface area contributed by atoms with Gasteiger partial charge in [-0.05, 0) is 22.0 Å². The number of halogens is 2. The molecule has 1 N–H and O–H groups in total. The van der Waals surface area contributed by atoms with Gasteiger partial charge in [-0.2, -0.15) is 0 Å². The highest BCUT2D eigenvalue weighted by atomic mass is 79.9. The van der Waals surface area contributed by atoms with E-state index < -0.39 is 5.97 Å². The monoisotopic (exact) mass is 274 g/mol. The van der Waals surface area contributed by atoms with E-state index in [-0.39, 0.29) is 5.69 Å². The molecule has 0 saturated carbocycles. The number of hydrogen-bond acceptors (Lipinski definition) is 2. The van der Waals surface area contributed by atoms with Crippen molar-refractivity contribution >= 4 is 39.1 Å². The van der Waals surface area contributed by atoms with Gasteiger partial charge < -0.3 is 5.11 Å². The molecule has 4 nitrogen and oxygen atoms in total. The summed E-state index contributed by atoms with van der Waals surface area (Å²) in [6.45, 7) is 0. The first-order valence-electron chi connectivity index (χ1n) is 3.65. The summed E-state index contributed by atoms with van der Waals surface area (Å²) in [6, 6.07) is 1.66. The molecule has 2 rings (SSSR count). The van der Waals surface area contributed by atoms with Crippen LogP contribution in [0.1, 0.15) is 10.5 Å². The van der Waals surface area contributed by atoms with Crippen LogP contribution >= 0.6 is 27.5 Å². The van der Waals surface area contributed by atoms with Crippen LogP contribution in [0.4, 0.5) is 0 Å². The topological polar surface area (TPSA) is 54.6 Å². The van der Waals surface area contributed by atoms with Crippen molar-refractivity contribution < 1.29 is 9.90 Å². The fraction of sp³-hybridized carbons (Fsp3) is 0. The van der Waals surface area contributed by atoms with Gasteiger partial charge in [0.2, 0.25) is 0 Å². The number of carbonyl (C=O) groups is 1. The Labute approximate surface area is 92.3 Å². The summed E-state index contributed by atoms with van der Waals surface area (Å²) in [5.74, 6) is -1.04. The lowest BCUT2D eigenvalue weighted by molar-refractivity contribution is 0.0689. The summed E-state index contributed by atoms with van der Waals surface area (Å²) in [6.07, 6.45) is 2.80. The van der Waals surface area contributed by atoms with Crippen LogP contribution in [0.5, 0.6) is 0 Å². The van der Waals surface area contributed by atoms with E-state index in [2.05, 4.69) is 20.9 Å². The van der Waals surface area contributed by atoms with Crippen LogP contribution in [-0.2, 0) is 0 Å². The second kappa shape index (κ2) is 3.25. The van der Waals surface area contributed by atoms with Gasteiger partial charge in [-0.25, -0.2) is 9.78 Å². The van der Waals surface area contributed by atoms with E-state index in [1.807, 2.05) is 0 Å². The molecule has 0 aliphatic heterocycles. The maximum atomic E-state index is 10.8. The predicted octanol–water partition coefficient (Wildman–Crippen LogP) is 2.45. The Morgan fingerprint density at radius 1 is 1.64 bits per heavy atom. The van der Waals surface area contributed by atoms with E-state index in [0.29, 0.717) is 15.1 Å². The van der Waals surface area contributed by atoms with E-state index in [1.165, 1.54) is 16.8 Å².